The zero-order valence-electron chi connectivity index (χ0n) is 18.4. The molecule has 2 fully saturated rings. The van der Waals surface area contributed by atoms with Gasteiger partial charge in [-0.25, -0.2) is 0 Å². The monoisotopic (exact) mass is 436 g/mol. The molecule has 0 aromatic heterocycles. The first-order valence-corrected chi connectivity index (χ1v) is 11.7. The smallest absolute Gasteiger partial charge is 0.227 e. The first-order valence-electron chi connectivity index (χ1n) is 11.3. The standard InChI is InChI=1S/C25H32N4OS/c1-18-5-3-15-28(17-18)22-11-7-20(8-12-22)19(2)26-25(31)27-21-9-13-23(14-10-21)29-16-4-6-24(29)30/h7-14,18-19H,3-6,15-17H2,1-2H3,(H2,26,27,31)/t18-,19-/m1/s1. The number of carbonyl (C=O) groups is 1. The normalized spacial score (nSPS) is 19.9. The highest BCUT2D eigenvalue weighted by atomic mass is 32.1. The molecular weight excluding hydrogens is 404 g/mol. The third-order valence-corrected chi connectivity index (χ3v) is 6.49. The Hall–Kier alpha value is -2.60. The summed E-state index contributed by atoms with van der Waals surface area (Å²) in [5.74, 6) is 0.968. The van der Waals surface area contributed by atoms with Gasteiger partial charge in [0.1, 0.15) is 0 Å². The second-order valence-electron chi connectivity index (χ2n) is 8.80. The molecule has 2 atom stereocenters. The van der Waals surface area contributed by atoms with E-state index >= 15 is 0 Å². The Bertz CT molecular complexity index is 912. The van der Waals surface area contributed by atoms with Gasteiger partial charge < -0.3 is 20.4 Å². The van der Waals surface area contributed by atoms with Gasteiger partial charge in [0.15, 0.2) is 5.11 Å². The molecule has 31 heavy (non-hydrogen) atoms. The van der Waals surface area contributed by atoms with Crippen molar-refractivity contribution >= 4 is 40.3 Å². The van der Waals surface area contributed by atoms with Crippen LogP contribution in [0.15, 0.2) is 48.5 Å². The van der Waals surface area contributed by atoms with Crippen molar-refractivity contribution in [1.29, 1.82) is 0 Å². The van der Waals surface area contributed by atoms with Crippen LogP contribution < -0.4 is 20.4 Å². The van der Waals surface area contributed by atoms with E-state index in [4.69, 9.17) is 12.2 Å². The molecule has 1 amide bonds. The Kier molecular flexibility index (Phi) is 6.76. The van der Waals surface area contributed by atoms with Crippen LogP contribution in [0.4, 0.5) is 17.1 Å². The van der Waals surface area contributed by atoms with Gasteiger partial charge in [0, 0.05) is 43.1 Å². The van der Waals surface area contributed by atoms with E-state index in [9.17, 15) is 4.79 Å². The molecule has 6 heteroatoms. The molecule has 2 aromatic carbocycles. The molecule has 0 unspecified atom stereocenters. The molecule has 164 valence electrons. The van der Waals surface area contributed by atoms with Crippen LogP contribution in [0, 0.1) is 5.92 Å². The van der Waals surface area contributed by atoms with Crippen LogP contribution in [0.2, 0.25) is 0 Å². The van der Waals surface area contributed by atoms with Gasteiger partial charge in [-0.3, -0.25) is 4.79 Å². The first-order chi connectivity index (χ1) is 15.0. The van der Waals surface area contributed by atoms with Crippen molar-refractivity contribution < 1.29 is 4.79 Å². The third-order valence-electron chi connectivity index (χ3n) is 6.27. The predicted octanol–water partition coefficient (Wildman–Crippen LogP) is 5.10. The number of thiocarbonyl (C=S) groups is 1. The lowest BCUT2D eigenvalue weighted by molar-refractivity contribution is -0.117. The number of piperidine rings is 1. The van der Waals surface area contributed by atoms with Gasteiger partial charge in [-0.1, -0.05) is 19.1 Å². The van der Waals surface area contributed by atoms with Crippen molar-refractivity contribution in [2.75, 3.05) is 34.8 Å². The largest absolute Gasteiger partial charge is 0.371 e. The van der Waals surface area contributed by atoms with Crippen LogP contribution in [0.1, 0.15) is 51.1 Å². The van der Waals surface area contributed by atoms with Gasteiger partial charge in [0.25, 0.3) is 0 Å². The number of nitrogens with one attached hydrogen (secondary N) is 2. The van der Waals surface area contributed by atoms with Gasteiger partial charge in [-0.05, 0) is 86.3 Å². The van der Waals surface area contributed by atoms with Gasteiger partial charge >= 0.3 is 0 Å². The number of hydrogen-bond donors (Lipinski definition) is 2. The Balaban J connectivity index is 1.30. The predicted molar refractivity (Wildman–Crippen MR) is 133 cm³/mol. The van der Waals surface area contributed by atoms with E-state index in [0.717, 1.165) is 43.3 Å². The van der Waals surface area contributed by atoms with Crippen LogP contribution in [-0.2, 0) is 4.79 Å². The van der Waals surface area contributed by atoms with Crippen LogP contribution in [-0.4, -0.2) is 30.7 Å². The lowest BCUT2D eigenvalue weighted by Gasteiger charge is -2.33. The summed E-state index contributed by atoms with van der Waals surface area (Å²) >= 11 is 5.52. The maximum atomic E-state index is 11.9. The molecule has 5 nitrogen and oxygen atoms in total. The van der Waals surface area contributed by atoms with E-state index in [1.807, 2.05) is 29.2 Å². The zero-order chi connectivity index (χ0) is 21.8. The molecule has 0 spiro atoms. The molecule has 2 N–H and O–H groups in total. The second-order valence-corrected chi connectivity index (χ2v) is 9.21. The molecule has 0 saturated carbocycles. The Morgan fingerprint density at radius 3 is 2.39 bits per heavy atom. The molecular formula is C25H32N4OS. The number of nitrogens with zero attached hydrogens (tertiary/aromatic N) is 2. The number of carbonyl (C=O) groups excluding carboxylic acids is 1. The van der Waals surface area contributed by atoms with Crippen molar-refractivity contribution in [2.45, 2.75) is 45.6 Å². The van der Waals surface area contributed by atoms with Crippen molar-refractivity contribution in [3.05, 3.63) is 54.1 Å². The molecule has 2 saturated heterocycles. The lowest BCUT2D eigenvalue weighted by atomic mass is 9.99. The SMILES string of the molecule is C[C@@H]1CCCN(c2ccc([C@@H](C)NC(=S)Nc3ccc(N4CCCC4=O)cc3)cc2)C1. The average Bonchev–Trinajstić information content (AvgIpc) is 3.20. The average molecular weight is 437 g/mol. The Labute approximate surface area is 190 Å². The number of amides is 1. The van der Waals surface area contributed by atoms with Crippen LogP contribution in [0.3, 0.4) is 0 Å². The maximum Gasteiger partial charge on any atom is 0.227 e. The summed E-state index contributed by atoms with van der Waals surface area (Å²) in [5, 5.41) is 7.21. The van der Waals surface area contributed by atoms with Crippen molar-refractivity contribution in [3.8, 4) is 0 Å². The number of anilines is 3. The Morgan fingerprint density at radius 2 is 1.74 bits per heavy atom. The van der Waals surface area contributed by atoms with Crippen LogP contribution >= 0.6 is 12.2 Å². The summed E-state index contributed by atoms with van der Waals surface area (Å²) in [6.07, 6.45) is 4.18. The fourth-order valence-corrected chi connectivity index (χ4v) is 4.79. The minimum atomic E-state index is 0.107. The molecule has 4 rings (SSSR count). The minimum Gasteiger partial charge on any atom is -0.371 e. The van der Waals surface area contributed by atoms with Crippen molar-refractivity contribution in [2.24, 2.45) is 5.92 Å². The summed E-state index contributed by atoms with van der Waals surface area (Å²) in [4.78, 5) is 16.2. The number of benzene rings is 2. The van der Waals surface area contributed by atoms with E-state index in [0.29, 0.717) is 11.5 Å². The molecule has 0 bridgehead atoms. The summed E-state index contributed by atoms with van der Waals surface area (Å²) in [5.41, 5.74) is 4.37. The topological polar surface area (TPSA) is 47.6 Å². The molecule has 2 aliphatic heterocycles. The lowest BCUT2D eigenvalue weighted by Crippen LogP contribution is -2.34. The quantitative estimate of drug-likeness (QED) is 0.639. The van der Waals surface area contributed by atoms with E-state index in [1.165, 1.54) is 24.1 Å². The second kappa shape index (κ2) is 9.69. The van der Waals surface area contributed by atoms with Crippen LogP contribution in [0.5, 0.6) is 0 Å². The highest BCUT2D eigenvalue weighted by Gasteiger charge is 2.21. The van der Waals surface area contributed by atoms with Crippen molar-refractivity contribution in [3.63, 3.8) is 0 Å². The van der Waals surface area contributed by atoms with E-state index in [-0.39, 0.29) is 11.9 Å². The molecule has 2 aromatic rings. The van der Waals surface area contributed by atoms with Crippen LogP contribution in [0.25, 0.3) is 0 Å². The van der Waals surface area contributed by atoms with E-state index in [1.54, 1.807) is 0 Å². The highest BCUT2D eigenvalue weighted by molar-refractivity contribution is 7.80. The summed E-state index contributed by atoms with van der Waals surface area (Å²) in [6.45, 7) is 7.55. The minimum absolute atomic E-state index is 0.107. The molecule has 0 aliphatic carbocycles. The highest BCUT2D eigenvalue weighted by Crippen LogP contribution is 2.25. The third kappa shape index (κ3) is 5.37. The fourth-order valence-electron chi connectivity index (χ4n) is 4.49. The molecule has 2 heterocycles. The van der Waals surface area contributed by atoms with E-state index in [2.05, 4.69) is 53.6 Å². The molecule has 0 radical (unpaired) electrons. The van der Waals surface area contributed by atoms with Gasteiger partial charge in [0.05, 0.1) is 6.04 Å². The van der Waals surface area contributed by atoms with Gasteiger partial charge in [-0.15, -0.1) is 0 Å². The maximum absolute atomic E-state index is 11.9. The number of hydrogen-bond acceptors (Lipinski definition) is 3. The van der Waals surface area contributed by atoms with E-state index < -0.39 is 0 Å². The molecule has 2 aliphatic rings. The summed E-state index contributed by atoms with van der Waals surface area (Å²) in [7, 11) is 0. The summed E-state index contributed by atoms with van der Waals surface area (Å²) in [6, 6.07) is 16.8. The summed E-state index contributed by atoms with van der Waals surface area (Å²) < 4.78 is 0. The number of rotatable bonds is 5. The van der Waals surface area contributed by atoms with Crippen molar-refractivity contribution in [1.82, 2.24) is 5.32 Å². The zero-order valence-corrected chi connectivity index (χ0v) is 19.3. The Morgan fingerprint density at radius 1 is 1.03 bits per heavy atom. The van der Waals surface area contributed by atoms with Gasteiger partial charge in [-0.2, -0.15) is 0 Å². The van der Waals surface area contributed by atoms with Gasteiger partial charge in [0.2, 0.25) is 5.91 Å². The first kappa shape index (κ1) is 21.6. The fraction of sp³-hybridized carbons (Fsp3) is 0.440.